The van der Waals surface area contributed by atoms with Gasteiger partial charge in [-0.05, 0) is 23.1 Å². The molecule has 3 rings (SSSR count). The number of carbonyl (C=O) groups excluding carboxylic acids is 1. The number of hydrogen-bond acceptors (Lipinski definition) is 6. The molecule has 0 aliphatic heterocycles. The van der Waals surface area contributed by atoms with E-state index in [1.54, 1.807) is 24.3 Å². The quantitative estimate of drug-likeness (QED) is 0.690. The van der Waals surface area contributed by atoms with Gasteiger partial charge in [-0.15, -0.1) is 10.2 Å². The fraction of sp³-hybridized carbons (Fsp3) is 0.267. The predicted octanol–water partition coefficient (Wildman–Crippen LogP) is 0.619. The molecule has 8 heteroatoms. The summed E-state index contributed by atoms with van der Waals surface area (Å²) < 4.78 is 1.47. The molecule has 0 atom stereocenters. The Morgan fingerprint density at radius 2 is 2.13 bits per heavy atom. The third-order valence-electron chi connectivity index (χ3n) is 3.64. The molecule has 0 fully saturated rings. The Morgan fingerprint density at radius 3 is 2.83 bits per heavy atom. The highest BCUT2D eigenvalue weighted by atomic mass is 16.3. The second-order valence-electron chi connectivity index (χ2n) is 5.10. The lowest BCUT2D eigenvalue weighted by Crippen LogP contribution is -2.29. The molecule has 3 aromatic rings. The SMILES string of the molecule is CCCCn1c(=O)c(C(=O)c2nn[nH]n2)c([O-])c2ccccc21. The number of aryl methyl sites for hydroxylation is 1. The van der Waals surface area contributed by atoms with Gasteiger partial charge in [-0.2, -0.15) is 5.21 Å². The number of aromatic amines is 1. The summed E-state index contributed by atoms with van der Waals surface area (Å²) in [6.07, 6.45) is 1.64. The van der Waals surface area contributed by atoms with E-state index in [4.69, 9.17) is 0 Å². The van der Waals surface area contributed by atoms with Crippen molar-refractivity contribution in [1.29, 1.82) is 0 Å². The maximum atomic E-state index is 12.7. The summed E-state index contributed by atoms with van der Waals surface area (Å²) >= 11 is 0. The van der Waals surface area contributed by atoms with Gasteiger partial charge in [-0.1, -0.05) is 37.3 Å². The first-order valence-corrected chi connectivity index (χ1v) is 7.25. The maximum absolute atomic E-state index is 12.7. The zero-order valence-corrected chi connectivity index (χ0v) is 12.4. The van der Waals surface area contributed by atoms with E-state index in [2.05, 4.69) is 20.6 Å². The van der Waals surface area contributed by atoms with Gasteiger partial charge in [0, 0.05) is 6.54 Å². The van der Waals surface area contributed by atoms with E-state index in [9.17, 15) is 14.7 Å². The molecule has 23 heavy (non-hydrogen) atoms. The van der Waals surface area contributed by atoms with Crippen molar-refractivity contribution >= 4 is 16.7 Å². The van der Waals surface area contributed by atoms with Crippen molar-refractivity contribution in [3.05, 3.63) is 46.0 Å². The summed E-state index contributed by atoms with van der Waals surface area (Å²) in [6.45, 7) is 2.43. The topological polar surface area (TPSA) is 117 Å². The van der Waals surface area contributed by atoms with E-state index in [1.807, 2.05) is 6.92 Å². The largest absolute Gasteiger partial charge is 0.871 e. The van der Waals surface area contributed by atoms with E-state index < -0.39 is 22.7 Å². The molecular formula is C15H14N5O3-. The molecule has 0 bridgehead atoms. The second-order valence-corrected chi connectivity index (χ2v) is 5.10. The molecular weight excluding hydrogens is 298 g/mol. The number of carbonyl (C=O) groups is 1. The molecule has 0 amide bonds. The Morgan fingerprint density at radius 1 is 1.35 bits per heavy atom. The van der Waals surface area contributed by atoms with Crippen LogP contribution in [0.2, 0.25) is 0 Å². The fourth-order valence-electron chi connectivity index (χ4n) is 2.49. The summed E-state index contributed by atoms with van der Waals surface area (Å²) in [5.74, 6) is -1.71. The molecule has 1 aromatic carbocycles. The van der Waals surface area contributed by atoms with Crippen molar-refractivity contribution in [3.63, 3.8) is 0 Å². The Labute approximate surface area is 130 Å². The smallest absolute Gasteiger partial charge is 0.261 e. The highest BCUT2D eigenvalue weighted by molar-refractivity contribution is 6.10. The van der Waals surface area contributed by atoms with E-state index in [-0.39, 0.29) is 5.82 Å². The lowest BCUT2D eigenvalue weighted by atomic mass is 10.1. The number of pyridine rings is 1. The molecule has 0 saturated heterocycles. The minimum Gasteiger partial charge on any atom is -0.871 e. The van der Waals surface area contributed by atoms with Crippen LogP contribution in [0, 0.1) is 0 Å². The number of ketones is 1. The fourth-order valence-corrected chi connectivity index (χ4v) is 2.49. The second kappa shape index (κ2) is 5.99. The van der Waals surface area contributed by atoms with E-state index in [0.29, 0.717) is 17.4 Å². The molecule has 8 nitrogen and oxygen atoms in total. The van der Waals surface area contributed by atoms with Crippen LogP contribution < -0.4 is 10.7 Å². The van der Waals surface area contributed by atoms with Crippen LogP contribution in [0.25, 0.3) is 10.9 Å². The number of tetrazole rings is 1. The molecule has 0 saturated carbocycles. The van der Waals surface area contributed by atoms with Crippen molar-refractivity contribution < 1.29 is 9.90 Å². The van der Waals surface area contributed by atoms with Crippen molar-refractivity contribution in [2.75, 3.05) is 0 Å². The molecule has 0 aliphatic rings. The Kier molecular flexibility index (Phi) is 3.88. The molecule has 0 unspecified atom stereocenters. The molecule has 0 radical (unpaired) electrons. The number of aromatic nitrogens is 5. The van der Waals surface area contributed by atoms with E-state index in [1.165, 1.54) is 4.57 Å². The number of benzene rings is 1. The molecule has 0 spiro atoms. The third kappa shape index (κ3) is 2.48. The molecule has 118 valence electrons. The van der Waals surface area contributed by atoms with Crippen molar-refractivity contribution in [1.82, 2.24) is 25.2 Å². The molecule has 2 aromatic heterocycles. The normalized spacial score (nSPS) is 11.0. The van der Waals surface area contributed by atoms with Crippen LogP contribution in [-0.4, -0.2) is 31.0 Å². The summed E-state index contributed by atoms with van der Waals surface area (Å²) in [4.78, 5) is 25.1. The Hall–Kier alpha value is -3.03. The highest BCUT2D eigenvalue weighted by Crippen LogP contribution is 2.25. The van der Waals surface area contributed by atoms with Gasteiger partial charge in [-0.3, -0.25) is 9.59 Å². The van der Waals surface area contributed by atoms with Crippen LogP contribution in [0.4, 0.5) is 0 Å². The van der Waals surface area contributed by atoms with Crippen molar-refractivity contribution in [2.45, 2.75) is 26.3 Å². The number of fused-ring (bicyclic) bond motifs is 1. The predicted molar refractivity (Wildman–Crippen MR) is 80.2 cm³/mol. The molecule has 0 aliphatic carbocycles. The van der Waals surface area contributed by atoms with Crippen LogP contribution in [0.5, 0.6) is 5.75 Å². The van der Waals surface area contributed by atoms with Crippen molar-refractivity contribution in [2.24, 2.45) is 0 Å². The van der Waals surface area contributed by atoms with Gasteiger partial charge in [0.15, 0.2) is 0 Å². The van der Waals surface area contributed by atoms with Gasteiger partial charge >= 0.3 is 0 Å². The van der Waals surface area contributed by atoms with Gasteiger partial charge in [0.2, 0.25) is 11.6 Å². The van der Waals surface area contributed by atoms with Gasteiger partial charge in [-0.25, -0.2) is 0 Å². The number of H-pyrrole nitrogens is 1. The minimum absolute atomic E-state index is 0.295. The molecule has 1 N–H and O–H groups in total. The average molecular weight is 312 g/mol. The highest BCUT2D eigenvalue weighted by Gasteiger charge is 2.21. The first-order valence-electron chi connectivity index (χ1n) is 7.25. The summed E-state index contributed by atoms with van der Waals surface area (Å²) in [7, 11) is 0. The Balaban J connectivity index is 2.29. The lowest BCUT2D eigenvalue weighted by molar-refractivity contribution is -0.266. The number of para-hydroxylation sites is 1. The van der Waals surface area contributed by atoms with E-state index in [0.717, 1.165) is 12.8 Å². The summed E-state index contributed by atoms with van der Waals surface area (Å²) in [5, 5.41) is 25.5. The lowest BCUT2D eigenvalue weighted by Gasteiger charge is -2.19. The maximum Gasteiger partial charge on any atom is 0.261 e. The van der Waals surface area contributed by atoms with Crippen LogP contribution in [0.3, 0.4) is 0 Å². The number of unbranched alkanes of at least 4 members (excludes halogenated alkanes) is 1. The van der Waals surface area contributed by atoms with Gasteiger partial charge in [0.25, 0.3) is 5.56 Å². The zero-order valence-electron chi connectivity index (χ0n) is 12.4. The minimum atomic E-state index is -0.815. The van der Waals surface area contributed by atoms with Crippen molar-refractivity contribution in [3.8, 4) is 5.75 Å². The molecule has 2 heterocycles. The number of hydrogen-bond donors (Lipinski definition) is 1. The van der Waals surface area contributed by atoms with Crippen LogP contribution in [0.1, 0.15) is 35.9 Å². The van der Waals surface area contributed by atoms with Crippen LogP contribution >= 0.6 is 0 Å². The summed E-state index contributed by atoms with van der Waals surface area (Å²) in [6, 6.07) is 6.76. The van der Waals surface area contributed by atoms with Crippen LogP contribution in [0.15, 0.2) is 29.1 Å². The number of rotatable bonds is 5. The monoisotopic (exact) mass is 312 g/mol. The van der Waals surface area contributed by atoms with Gasteiger partial charge < -0.3 is 9.67 Å². The van der Waals surface area contributed by atoms with Gasteiger partial charge in [0.05, 0.1) is 11.1 Å². The number of nitrogens with one attached hydrogen (secondary N) is 1. The summed E-state index contributed by atoms with van der Waals surface area (Å²) in [5.41, 5.74) is -0.529. The standard InChI is InChI=1S/C15H15N5O3/c1-2-3-8-20-10-7-5-4-6-9(10)12(21)11(15(20)23)13(22)14-16-18-19-17-14/h4-7,21H,2-3,8H2,1H3,(H,16,17,18,19)/p-1. The van der Waals surface area contributed by atoms with Gasteiger partial charge in [0.1, 0.15) is 0 Å². The number of nitrogens with zero attached hydrogens (tertiary/aromatic N) is 4. The first kappa shape index (κ1) is 14.9. The van der Waals surface area contributed by atoms with E-state index >= 15 is 0 Å². The average Bonchev–Trinajstić information content (AvgIpc) is 3.09. The first-order chi connectivity index (χ1) is 11.1. The van der Waals surface area contributed by atoms with Crippen LogP contribution in [-0.2, 0) is 6.54 Å². The zero-order chi connectivity index (χ0) is 16.4. The Bertz CT molecular complexity index is 915. The third-order valence-corrected chi connectivity index (χ3v) is 3.64.